The number of amides is 2. The highest BCUT2D eigenvalue weighted by Gasteiger charge is 2.35. The van der Waals surface area contributed by atoms with Gasteiger partial charge in [0.25, 0.3) is 0 Å². The zero-order valence-corrected chi connectivity index (χ0v) is 20.6. The summed E-state index contributed by atoms with van der Waals surface area (Å²) in [4.78, 5) is 31.7. The summed E-state index contributed by atoms with van der Waals surface area (Å²) in [6, 6.07) is 13.7. The van der Waals surface area contributed by atoms with Gasteiger partial charge < -0.3 is 25.4 Å². The third-order valence-electron chi connectivity index (χ3n) is 6.95. The fourth-order valence-electron chi connectivity index (χ4n) is 4.96. The molecule has 3 aliphatic heterocycles. The summed E-state index contributed by atoms with van der Waals surface area (Å²) in [7, 11) is 1.66. The molecule has 2 amide bonds. The van der Waals surface area contributed by atoms with E-state index in [2.05, 4.69) is 27.0 Å². The van der Waals surface area contributed by atoms with Crippen LogP contribution < -0.4 is 25.6 Å². The van der Waals surface area contributed by atoms with Crippen LogP contribution in [0.5, 0.6) is 5.75 Å². The first-order valence-electron chi connectivity index (χ1n) is 12.0. The maximum absolute atomic E-state index is 12.7. The molecule has 9 nitrogen and oxygen atoms in total. The molecule has 3 aliphatic rings. The number of hydrogen-bond donors (Lipinski definition) is 3. The number of thioether (sulfide) groups is 1. The number of ether oxygens (including phenoxy) is 2. The van der Waals surface area contributed by atoms with E-state index >= 15 is 0 Å². The number of carbonyl (C=O) groups is 2. The normalized spacial score (nSPS) is 20.5. The summed E-state index contributed by atoms with van der Waals surface area (Å²) >= 11 is 1.50. The molecule has 3 aromatic rings. The van der Waals surface area contributed by atoms with E-state index in [0.717, 1.165) is 51.6 Å². The monoisotopic (exact) mass is 505 g/mol. The van der Waals surface area contributed by atoms with Gasteiger partial charge in [-0.05, 0) is 48.0 Å². The number of fused-ring (bicyclic) bond motifs is 2. The fraction of sp³-hybridized carbons (Fsp3) is 0.346. The van der Waals surface area contributed by atoms with Crippen LogP contribution in [0.25, 0.3) is 10.9 Å². The second-order valence-electron chi connectivity index (χ2n) is 9.22. The van der Waals surface area contributed by atoms with Gasteiger partial charge in [0.05, 0.1) is 30.6 Å². The number of cyclic esters (lactones) is 1. The molecule has 4 heterocycles. The van der Waals surface area contributed by atoms with Crippen LogP contribution in [-0.4, -0.2) is 62.1 Å². The number of carbonyl (C=O) groups excluding carboxylic acids is 2. The standard InChI is InChI=1S/C26H27N5O4S/c1-34-17-3-4-21-20(9-17)19(6-7-28-21)25(15-10-27-11-15)29-12-18-13-31(26(33)35-18)16-2-5-23-22(8-16)30-24(32)14-36-23/h2-9,15,18,25,27,29H,10-14H2,1H3,(H,30,32)/t18-,25?/m1/s1. The molecule has 0 saturated carbocycles. The molecule has 2 atom stereocenters. The molecule has 186 valence electrons. The van der Waals surface area contributed by atoms with Crippen molar-refractivity contribution < 1.29 is 19.1 Å². The molecule has 2 aromatic carbocycles. The Labute approximate surface area is 212 Å². The molecule has 0 radical (unpaired) electrons. The Morgan fingerprint density at radius 1 is 1.22 bits per heavy atom. The van der Waals surface area contributed by atoms with Crippen molar-refractivity contribution in [3.05, 3.63) is 54.2 Å². The second kappa shape index (κ2) is 9.61. The minimum atomic E-state index is -0.377. The molecule has 2 fully saturated rings. The van der Waals surface area contributed by atoms with E-state index in [9.17, 15) is 9.59 Å². The highest BCUT2D eigenvalue weighted by molar-refractivity contribution is 8.00. The molecule has 1 unspecified atom stereocenters. The summed E-state index contributed by atoms with van der Waals surface area (Å²) in [6.07, 6.45) is 1.17. The van der Waals surface area contributed by atoms with Crippen molar-refractivity contribution in [1.29, 1.82) is 0 Å². The average molecular weight is 506 g/mol. The lowest BCUT2D eigenvalue weighted by Gasteiger charge is -2.36. The number of aromatic nitrogens is 1. The van der Waals surface area contributed by atoms with Crippen LogP contribution in [0.4, 0.5) is 16.2 Å². The number of methoxy groups -OCH3 is 1. The lowest BCUT2D eigenvalue weighted by molar-refractivity contribution is -0.113. The first kappa shape index (κ1) is 23.1. The maximum atomic E-state index is 12.7. The predicted octanol–water partition coefficient (Wildman–Crippen LogP) is 3.16. The molecule has 0 bridgehead atoms. The van der Waals surface area contributed by atoms with Gasteiger partial charge in [-0.1, -0.05) is 0 Å². The quantitative estimate of drug-likeness (QED) is 0.450. The van der Waals surface area contributed by atoms with Crippen LogP contribution in [0, 0.1) is 5.92 Å². The van der Waals surface area contributed by atoms with Crippen LogP contribution in [0.15, 0.2) is 53.6 Å². The van der Waals surface area contributed by atoms with Gasteiger partial charge in [0, 0.05) is 53.8 Å². The van der Waals surface area contributed by atoms with Gasteiger partial charge in [-0.2, -0.15) is 0 Å². The Kier molecular flexibility index (Phi) is 6.16. The lowest BCUT2D eigenvalue weighted by Crippen LogP contribution is -2.50. The van der Waals surface area contributed by atoms with Crippen molar-refractivity contribution in [2.75, 3.05) is 49.3 Å². The first-order valence-corrected chi connectivity index (χ1v) is 13.0. The van der Waals surface area contributed by atoms with Crippen molar-refractivity contribution in [3.63, 3.8) is 0 Å². The second-order valence-corrected chi connectivity index (χ2v) is 10.2. The minimum Gasteiger partial charge on any atom is -0.497 e. The van der Waals surface area contributed by atoms with Crippen LogP contribution in [0.3, 0.4) is 0 Å². The third kappa shape index (κ3) is 4.36. The van der Waals surface area contributed by atoms with E-state index in [1.165, 1.54) is 11.8 Å². The van der Waals surface area contributed by atoms with Crippen LogP contribution in [0.1, 0.15) is 11.6 Å². The minimum absolute atomic E-state index is 0.0338. The average Bonchev–Trinajstić information content (AvgIpc) is 3.24. The molecular formula is C26H27N5O4S. The summed E-state index contributed by atoms with van der Waals surface area (Å²) < 4.78 is 11.2. The Hall–Kier alpha value is -3.34. The van der Waals surface area contributed by atoms with Gasteiger partial charge in [0.2, 0.25) is 5.91 Å². The third-order valence-corrected chi connectivity index (χ3v) is 8.02. The Morgan fingerprint density at radius 3 is 2.92 bits per heavy atom. The number of hydrogen-bond acceptors (Lipinski definition) is 8. The fourth-order valence-corrected chi connectivity index (χ4v) is 5.75. The van der Waals surface area contributed by atoms with E-state index in [1.54, 1.807) is 12.0 Å². The molecule has 0 spiro atoms. The maximum Gasteiger partial charge on any atom is 0.414 e. The van der Waals surface area contributed by atoms with Gasteiger partial charge in [0.15, 0.2) is 0 Å². The zero-order chi connectivity index (χ0) is 24.6. The Bertz CT molecular complexity index is 1330. The summed E-state index contributed by atoms with van der Waals surface area (Å²) in [5.74, 6) is 1.58. The van der Waals surface area contributed by atoms with Gasteiger partial charge in [-0.25, -0.2) is 4.79 Å². The number of benzene rings is 2. The molecular weight excluding hydrogens is 478 g/mol. The number of rotatable bonds is 7. The van der Waals surface area contributed by atoms with Crippen molar-refractivity contribution in [3.8, 4) is 5.75 Å². The van der Waals surface area contributed by atoms with Crippen LogP contribution >= 0.6 is 11.8 Å². The number of nitrogens with one attached hydrogen (secondary N) is 3. The number of pyridine rings is 1. The van der Waals surface area contributed by atoms with Crippen LogP contribution in [0.2, 0.25) is 0 Å². The molecule has 3 N–H and O–H groups in total. The van der Waals surface area contributed by atoms with Crippen molar-refractivity contribution >= 4 is 46.0 Å². The SMILES string of the molecule is COc1ccc2nccc(C(NC[C@@H]3CN(c4ccc5c(c4)NC(=O)CS5)C(=O)O3)C3CNC3)c2c1. The van der Waals surface area contributed by atoms with Gasteiger partial charge in [0.1, 0.15) is 11.9 Å². The van der Waals surface area contributed by atoms with Crippen molar-refractivity contribution in [2.24, 2.45) is 5.92 Å². The van der Waals surface area contributed by atoms with Gasteiger partial charge in [-0.15, -0.1) is 11.8 Å². The summed E-state index contributed by atoms with van der Waals surface area (Å²) in [5, 5.41) is 11.0. The van der Waals surface area contributed by atoms with Crippen molar-refractivity contribution in [2.45, 2.75) is 17.0 Å². The van der Waals surface area contributed by atoms with Crippen molar-refractivity contribution in [1.82, 2.24) is 15.6 Å². The predicted molar refractivity (Wildman–Crippen MR) is 139 cm³/mol. The molecule has 0 aliphatic carbocycles. The van der Waals surface area contributed by atoms with E-state index in [4.69, 9.17) is 9.47 Å². The van der Waals surface area contributed by atoms with E-state index < -0.39 is 0 Å². The van der Waals surface area contributed by atoms with Crippen LogP contribution in [-0.2, 0) is 9.53 Å². The molecule has 2 saturated heterocycles. The topological polar surface area (TPSA) is 105 Å². The Balaban J connectivity index is 1.19. The summed E-state index contributed by atoms with van der Waals surface area (Å²) in [5.41, 5.74) is 3.54. The zero-order valence-electron chi connectivity index (χ0n) is 19.8. The lowest BCUT2D eigenvalue weighted by atomic mass is 9.87. The smallest absolute Gasteiger partial charge is 0.414 e. The number of anilines is 2. The van der Waals surface area contributed by atoms with E-state index in [1.807, 2.05) is 42.6 Å². The van der Waals surface area contributed by atoms with Gasteiger partial charge in [-0.3, -0.25) is 14.7 Å². The molecule has 6 rings (SSSR count). The highest BCUT2D eigenvalue weighted by Crippen LogP contribution is 2.36. The molecule has 36 heavy (non-hydrogen) atoms. The van der Waals surface area contributed by atoms with E-state index in [0.29, 0.717) is 24.8 Å². The molecule has 1 aromatic heterocycles. The number of nitrogens with zero attached hydrogens (tertiary/aromatic N) is 2. The highest BCUT2D eigenvalue weighted by atomic mass is 32.2. The largest absolute Gasteiger partial charge is 0.497 e. The Morgan fingerprint density at radius 2 is 2.11 bits per heavy atom. The van der Waals surface area contributed by atoms with E-state index in [-0.39, 0.29) is 24.1 Å². The summed E-state index contributed by atoms with van der Waals surface area (Å²) in [6.45, 7) is 2.79. The first-order chi connectivity index (χ1) is 17.6. The van der Waals surface area contributed by atoms with Gasteiger partial charge >= 0.3 is 6.09 Å². The molecule has 10 heteroatoms.